The highest BCUT2D eigenvalue weighted by Gasteiger charge is 2.09. The third kappa shape index (κ3) is 3.11. The molecule has 21 heavy (non-hydrogen) atoms. The van der Waals surface area contributed by atoms with Gasteiger partial charge in [0.1, 0.15) is 0 Å². The summed E-state index contributed by atoms with van der Waals surface area (Å²) in [5.74, 6) is -0.0268. The summed E-state index contributed by atoms with van der Waals surface area (Å²) in [6.45, 7) is 4.09. The van der Waals surface area contributed by atoms with Gasteiger partial charge in [0.15, 0.2) is 5.13 Å². The molecule has 3 nitrogen and oxygen atoms in total. The van der Waals surface area contributed by atoms with Crippen molar-refractivity contribution in [2.24, 2.45) is 0 Å². The van der Waals surface area contributed by atoms with E-state index in [9.17, 15) is 4.79 Å². The van der Waals surface area contributed by atoms with Crippen LogP contribution in [-0.2, 0) is 11.2 Å². The molecule has 0 spiro atoms. The van der Waals surface area contributed by atoms with E-state index in [-0.39, 0.29) is 5.91 Å². The van der Waals surface area contributed by atoms with Crippen LogP contribution in [0.1, 0.15) is 16.7 Å². The lowest BCUT2D eigenvalue weighted by molar-refractivity contribution is -0.115. The third-order valence-electron chi connectivity index (χ3n) is 3.39. The van der Waals surface area contributed by atoms with E-state index in [0.717, 1.165) is 21.3 Å². The molecule has 1 aromatic heterocycles. The van der Waals surface area contributed by atoms with Gasteiger partial charge in [0, 0.05) is 0 Å². The molecule has 0 bridgehead atoms. The molecule has 0 aliphatic rings. The molecule has 1 N–H and O–H groups in total. The number of nitrogens with zero attached hydrogens (tertiary/aromatic N) is 1. The Balaban J connectivity index is 1.74. The van der Waals surface area contributed by atoms with Gasteiger partial charge in [-0.05, 0) is 37.1 Å². The number of nitrogens with one attached hydrogen (secondary N) is 1. The Labute approximate surface area is 127 Å². The maximum atomic E-state index is 12.2. The third-order valence-corrected chi connectivity index (χ3v) is 4.34. The van der Waals surface area contributed by atoms with Crippen LogP contribution in [0.4, 0.5) is 5.13 Å². The summed E-state index contributed by atoms with van der Waals surface area (Å²) in [5, 5.41) is 3.55. The van der Waals surface area contributed by atoms with E-state index < -0.39 is 0 Å². The Morgan fingerprint density at radius 3 is 2.76 bits per heavy atom. The van der Waals surface area contributed by atoms with E-state index in [2.05, 4.69) is 23.3 Å². The van der Waals surface area contributed by atoms with Crippen molar-refractivity contribution in [2.45, 2.75) is 20.3 Å². The standard InChI is InChI=1S/C17H16N2OS/c1-11-7-8-13(12(2)9-11)10-16(20)19-17-18-14-5-3-4-6-15(14)21-17/h3-9H,10H2,1-2H3,(H,18,19,20). The summed E-state index contributed by atoms with van der Waals surface area (Å²) in [4.78, 5) is 16.6. The molecule has 106 valence electrons. The van der Waals surface area contributed by atoms with Gasteiger partial charge >= 0.3 is 0 Å². The molecule has 0 radical (unpaired) electrons. The number of rotatable bonds is 3. The summed E-state index contributed by atoms with van der Waals surface area (Å²) in [6.07, 6.45) is 0.377. The first-order valence-electron chi connectivity index (χ1n) is 6.83. The summed E-state index contributed by atoms with van der Waals surface area (Å²) in [7, 11) is 0. The second kappa shape index (κ2) is 5.66. The highest BCUT2D eigenvalue weighted by molar-refractivity contribution is 7.22. The Hall–Kier alpha value is -2.20. The SMILES string of the molecule is Cc1ccc(CC(=O)Nc2nc3ccccc3s2)c(C)c1. The number of carbonyl (C=O) groups is 1. The van der Waals surface area contributed by atoms with Crippen molar-refractivity contribution in [2.75, 3.05) is 5.32 Å². The van der Waals surface area contributed by atoms with Crippen LogP contribution in [0.15, 0.2) is 42.5 Å². The van der Waals surface area contributed by atoms with E-state index in [1.165, 1.54) is 16.9 Å². The number of amides is 1. The molecule has 2 aromatic carbocycles. The van der Waals surface area contributed by atoms with E-state index in [4.69, 9.17) is 0 Å². The highest BCUT2D eigenvalue weighted by atomic mass is 32.1. The lowest BCUT2D eigenvalue weighted by Gasteiger charge is -2.06. The van der Waals surface area contributed by atoms with Gasteiger partial charge in [0.05, 0.1) is 16.6 Å². The largest absolute Gasteiger partial charge is 0.302 e. The number of carbonyl (C=O) groups excluding carboxylic acids is 1. The molecule has 0 saturated heterocycles. The predicted octanol–water partition coefficient (Wildman–Crippen LogP) is 4.09. The smallest absolute Gasteiger partial charge is 0.230 e. The minimum Gasteiger partial charge on any atom is -0.302 e. The van der Waals surface area contributed by atoms with Crippen molar-refractivity contribution < 1.29 is 4.79 Å². The van der Waals surface area contributed by atoms with Crippen LogP contribution in [0, 0.1) is 13.8 Å². The van der Waals surface area contributed by atoms with Gasteiger partial charge in [0.2, 0.25) is 5.91 Å². The molecule has 1 amide bonds. The second-order valence-corrected chi connectivity index (χ2v) is 6.17. The van der Waals surface area contributed by atoms with Gasteiger partial charge in [0.25, 0.3) is 0 Å². The number of aryl methyl sites for hydroxylation is 2. The monoisotopic (exact) mass is 296 g/mol. The topological polar surface area (TPSA) is 42.0 Å². The number of para-hydroxylation sites is 1. The normalized spacial score (nSPS) is 10.8. The highest BCUT2D eigenvalue weighted by Crippen LogP contribution is 2.25. The fourth-order valence-corrected chi connectivity index (χ4v) is 3.19. The lowest BCUT2D eigenvalue weighted by atomic mass is 10.0. The first kappa shape index (κ1) is 13.8. The molecule has 0 unspecified atom stereocenters. The van der Waals surface area contributed by atoms with Gasteiger partial charge in [-0.3, -0.25) is 4.79 Å². The molecule has 0 aliphatic heterocycles. The Morgan fingerprint density at radius 2 is 2.00 bits per heavy atom. The number of anilines is 1. The maximum Gasteiger partial charge on any atom is 0.230 e. The fraction of sp³-hybridized carbons (Fsp3) is 0.176. The molecule has 1 heterocycles. The van der Waals surface area contributed by atoms with Crippen LogP contribution in [0.25, 0.3) is 10.2 Å². The number of benzene rings is 2. The van der Waals surface area contributed by atoms with Gasteiger partial charge in [-0.2, -0.15) is 0 Å². The Bertz CT molecular complexity index is 774. The average Bonchev–Trinajstić information content (AvgIpc) is 2.84. The first-order chi connectivity index (χ1) is 10.1. The Kier molecular flexibility index (Phi) is 3.71. The summed E-state index contributed by atoms with van der Waals surface area (Å²) in [6, 6.07) is 14.0. The van der Waals surface area contributed by atoms with Gasteiger partial charge < -0.3 is 5.32 Å². The van der Waals surface area contributed by atoms with Gasteiger partial charge in [-0.15, -0.1) is 0 Å². The van der Waals surface area contributed by atoms with E-state index in [1.807, 2.05) is 43.3 Å². The van der Waals surface area contributed by atoms with E-state index in [1.54, 1.807) is 0 Å². The van der Waals surface area contributed by atoms with Crippen molar-refractivity contribution in [3.05, 3.63) is 59.2 Å². The number of fused-ring (bicyclic) bond motifs is 1. The minimum absolute atomic E-state index is 0.0268. The zero-order chi connectivity index (χ0) is 14.8. The minimum atomic E-state index is -0.0268. The molecule has 0 aliphatic carbocycles. The predicted molar refractivity (Wildman–Crippen MR) is 87.9 cm³/mol. The van der Waals surface area contributed by atoms with Crippen LogP contribution < -0.4 is 5.32 Å². The van der Waals surface area contributed by atoms with Crippen molar-refractivity contribution in [1.82, 2.24) is 4.98 Å². The second-order valence-electron chi connectivity index (χ2n) is 5.14. The first-order valence-corrected chi connectivity index (χ1v) is 7.65. The molecule has 0 atom stereocenters. The number of hydrogen-bond acceptors (Lipinski definition) is 3. The van der Waals surface area contributed by atoms with Crippen molar-refractivity contribution in [3.8, 4) is 0 Å². The van der Waals surface area contributed by atoms with Crippen LogP contribution in [0.2, 0.25) is 0 Å². The maximum absolute atomic E-state index is 12.2. The average molecular weight is 296 g/mol. The molecule has 0 saturated carbocycles. The number of thiazole rings is 1. The van der Waals surface area contributed by atoms with Crippen molar-refractivity contribution in [1.29, 1.82) is 0 Å². The van der Waals surface area contributed by atoms with Crippen LogP contribution in [-0.4, -0.2) is 10.9 Å². The van der Waals surface area contributed by atoms with E-state index in [0.29, 0.717) is 11.6 Å². The zero-order valence-corrected chi connectivity index (χ0v) is 12.8. The molecule has 3 rings (SSSR count). The van der Waals surface area contributed by atoms with Crippen molar-refractivity contribution >= 4 is 32.6 Å². The van der Waals surface area contributed by atoms with Crippen LogP contribution in [0.5, 0.6) is 0 Å². The summed E-state index contributed by atoms with van der Waals surface area (Å²) in [5.41, 5.74) is 4.33. The van der Waals surface area contributed by atoms with Gasteiger partial charge in [-0.25, -0.2) is 4.98 Å². The van der Waals surface area contributed by atoms with Crippen molar-refractivity contribution in [3.63, 3.8) is 0 Å². The van der Waals surface area contributed by atoms with Crippen LogP contribution in [0.3, 0.4) is 0 Å². The summed E-state index contributed by atoms with van der Waals surface area (Å²) >= 11 is 1.50. The molecule has 0 fully saturated rings. The quantitative estimate of drug-likeness (QED) is 0.791. The fourth-order valence-electron chi connectivity index (χ4n) is 2.31. The molecule has 4 heteroatoms. The van der Waals surface area contributed by atoms with Gasteiger partial charge in [-0.1, -0.05) is 47.2 Å². The van der Waals surface area contributed by atoms with E-state index >= 15 is 0 Å². The summed E-state index contributed by atoms with van der Waals surface area (Å²) < 4.78 is 1.08. The lowest BCUT2D eigenvalue weighted by Crippen LogP contribution is -2.14. The Morgan fingerprint density at radius 1 is 1.19 bits per heavy atom. The molecular weight excluding hydrogens is 280 g/mol. The molecular formula is C17H16N2OS. The number of aromatic nitrogens is 1. The zero-order valence-electron chi connectivity index (χ0n) is 12.0. The molecule has 3 aromatic rings. The van der Waals surface area contributed by atoms with Crippen LogP contribution >= 0.6 is 11.3 Å². The number of hydrogen-bond donors (Lipinski definition) is 1.